The highest BCUT2D eigenvalue weighted by Crippen LogP contribution is 2.54. The number of benzene rings is 2. The molecule has 0 heterocycles. The Labute approximate surface area is 260 Å². The fourth-order valence-electron chi connectivity index (χ4n) is 6.96. The number of carbonyl (C=O) groups excluding carboxylic acids is 4. The van der Waals surface area contributed by atoms with Crippen LogP contribution in [0.15, 0.2) is 47.2 Å². The Morgan fingerprint density at radius 2 is 1.71 bits per heavy atom. The van der Waals surface area contributed by atoms with Gasteiger partial charge in [-0.1, -0.05) is 17.7 Å². The van der Waals surface area contributed by atoms with Crippen molar-refractivity contribution >= 4 is 34.9 Å². The normalized spacial score (nSPS) is 24.3. The van der Waals surface area contributed by atoms with Gasteiger partial charge >= 0.3 is 5.97 Å². The van der Waals surface area contributed by atoms with Gasteiger partial charge in [-0.15, -0.1) is 0 Å². The molecule has 0 saturated heterocycles. The number of nitrogens with two attached hydrogens (primary N) is 1. The first-order valence-electron chi connectivity index (χ1n) is 14.6. The Hall–Kier alpha value is -4.68. The average Bonchev–Trinajstić information content (AvgIpc) is 2.95. The second-order valence-electron chi connectivity index (χ2n) is 12.4. The molecule has 2 aromatic rings. The maximum absolute atomic E-state index is 14.1. The van der Waals surface area contributed by atoms with Crippen LogP contribution in [0.1, 0.15) is 35.1 Å². The van der Waals surface area contributed by atoms with Gasteiger partial charge in [-0.3, -0.25) is 24.1 Å². The lowest BCUT2D eigenvalue weighted by molar-refractivity contribution is -0.153. The van der Waals surface area contributed by atoms with Crippen LogP contribution in [0.5, 0.6) is 11.5 Å². The number of rotatable bonds is 7. The van der Waals surface area contributed by atoms with Crippen LogP contribution in [0.3, 0.4) is 0 Å². The van der Waals surface area contributed by atoms with E-state index in [-0.39, 0.29) is 42.6 Å². The minimum Gasteiger partial charge on any atom is -0.508 e. The lowest BCUT2D eigenvalue weighted by atomic mass is 9.57. The molecule has 1 amide bonds. The third kappa shape index (κ3) is 5.03. The SMILES string of the molecule is Cc1ccc(OC(=O)CCc2cc(N(C)C)c3c(c2O)C(O)=C2C(=O)C4(O)C(O)=C(C(N)=O)C(=O)C(N(C)C)C4CC2C3)cc1. The highest BCUT2D eigenvalue weighted by atomic mass is 16.5. The number of anilines is 1. The predicted molar refractivity (Wildman–Crippen MR) is 164 cm³/mol. The Morgan fingerprint density at radius 1 is 1.07 bits per heavy atom. The molecule has 45 heavy (non-hydrogen) atoms. The van der Waals surface area contributed by atoms with Crippen molar-refractivity contribution in [1.82, 2.24) is 4.90 Å². The predicted octanol–water partition coefficient (Wildman–Crippen LogP) is 1.88. The highest BCUT2D eigenvalue weighted by Gasteiger charge is 2.64. The molecule has 238 valence electrons. The van der Waals surface area contributed by atoms with Crippen molar-refractivity contribution in [1.29, 1.82) is 0 Å². The van der Waals surface area contributed by atoms with Crippen molar-refractivity contribution in [3.05, 3.63) is 69.5 Å². The van der Waals surface area contributed by atoms with Crippen molar-refractivity contribution < 1.29 is 44.3 Å². The zero-order valence-electron chi connectivity index (χ0n) is 25.7. The molecule has 2 aromatic carbocycles. The molecule has 1 fully saturated rings. The van der Waals surface area contributed by atoms with Gasteiger partial charge in [0.25, 0.3) is 5.91 Å². The summed E-state index contributed by atoms with van der Waals surface area (Å²) in [6.45, 7) is 1.91. The van der Waals surface area contributed by atoms with Gasteiger partial charge in [0, 0.05) is 31.3 Å². The summed E-state index contributed by atoms with van der Waals surface area (Å²) in [5.74, 6) is -7.26. The number of phenols is 1. The molecule has 6 N–H and O–H groups in total. The van der Waals surface area contributed by atoms with Crippen molar-refractivity contribution in [3.8, 4) is 11.5 Å². The lowest BCUT2D eigenvalue weighted by Crippen LogP contribution is -2.65. The number of amides is 1. The fraction of sp³-hybridized carbons (Fsp3) is 0.394. The second-order valence-corrected chi connectivity index (χ2v) is 12.4. The van der Waals surface area contributed by atoms with Gasteiger partial charge < -0.3 is 35.8 Å². The van der Waals surface area contributed by atoms with Crippen molar-refractivity contribution in [2.45, 2.75) is 44.2 Å². The molecule has 3 aliphatic carbocycles. The number of hydrogen-bond acceptors (Lipinski definition) is 11. The molecule has 12 heteroatoms. The minimum absolute atomic E-state index is 0.00794. The van der Waals surface area contributed by atoms with E-state index in [0.29, 0.717) is 22.6 Å². The third-order valence-electron chi connectivity index (χ3n) is 9.11. The largest absolute Gasteiger partial charge is 0.508 e. The van der Waals surface area contributed by atoms with E-state index in [0.717, 1.165) is 5.56 Å². The first-order valence-corrected chi connectivity index (χ1v) is 14.6. The molecule has 0 radical (unpaired) electrons. The van der Waals surface area contributed by atoms with Gasteiger partial charge in [-0.25, -0.2) is 0 Å². The maximum Gasteiger partial charge on any atom is 0.311 e. The lowest BCUT2D eigenvalue weighted by Gasteiger charge is -2.50. The van der Waals surface area contributed by atoms with Crippen LogP contribution in [0.4, 0.5) is 5.69 Å². The molecule has 0 aliphatic heterocycles. The first-order chi connectivity index (χ1) is 21.1. The Bertz CT molecular complexity index is 1690. The molecule has 12 nitrogen and oxygen atoms in total. The van der Waals surface area contributed by atoms with Gasteiger partial charge in [-0.05, 0) is 75.5 Å². The second kappa shape index (κ2) is 11.4. The number of hydrogen-bond donors (Lipinski definition) is 5. The molecule has 0 bridgehead atoms. The number of carbonyl (C=O) groups is 4. The molecule has 4 unspecified atom stereocenters. The summed E-state index contributed by atoms with van der Waals surface area (Å²) in [4.78, 5) is 55.5. The van der Waals surface area contributed by atoms with Crippen LogP contribution < -0.4 is 15.4 Å². The summed E-state index contributed by atoms with van der Waals surface area (Å²) in [6, 6.07) is 7.53. The highest BCUT2D eigenvalue weighted by molar-refractivity contribution is 6.24. The number of phenolic OH excluding ortho intramolecular Hbond substituents is 1. The third-order valence-corrected chi connectivity index (χ3v) is 9.11. The van der Waals surface area contributed by atoms with Crippen LogP contribution in [0, 0.1) is 18.8 Å². The van der Waals surface area contributed by atoms with Gasteiger partial charge in [0.1, 0.15) is 28.6 Å². The number of aliphatic hydroxyl groups is 3. The molecule has 0 spiro atoms. The van der Waals surface area contributed by atoms with E-state index >= 15 is 0 Å². The average molecular weight is 620 g/mol. The standard InChI is InChI=1S/C33H37N3O9/c1-15-6-9-18(10-7-15)45-22(37)11-8-16-14-21(35(2)3)19-12-17-13-20-26(36(4)5)29(40)25(32(34)43)31(42)33(20,44)30(41)23(17)28(39)24(19)27(16)38/h6-7,9-10,14,17,20,26,38-39,42,44H,8,11-13H2,1-5H3,(H2,34,43). The number of fused-ring (bicyclic) bond motifs is 3. The molecule has 1 saturated carbocycles. The van der Waals surface area contributed by atoms with Crippen LogP contribution in [-0.2, 0) is 32.0 Å². The van der Waals surface area contributed by atoms with Crippen molar-refractivity contribution in [2.24, 2.45) is 17.6 Å². The van der Waals surface area contributed by atoms with Crippen LogP contribution in [-0.4, -0.2) is 88.6 Å². The summed E-state index contributed by atoms with van der Waals surface area (Å²) < 4.78 is 5.41. The Balaban J connectivity index is 1.57. The van der Waals surface area contributed by atoms with Gasteiger partial charge in [0.2, 0.25) is 5.78 Å². The number of ketones is 2. The number of aromatic hydroxyl groups is 1. The van der Waals surface area contributed by atoms with Crippen molar-refractivity contribution in [2.75, 3.05) is 33.1 Å². The van der Waals surface area contributed by atoms with E-state index in [1.54, 1.807) is 51.3 Å². The van der Waals surface area contributed by atoms with E-state index in [1.165, 1.54) is 4.90 Å². The number of nitrogens with zero attached hydrogens (tertiary/aromatic N) is 2. The molecule has 5 rings (SSSR count). The molecular weight excluding hydrogens is 582 g/mol. The van der Waals surface area contributed by atoms with Gasteiger partial charge in [-0.2, -0.15) is 0 Å². The van der Waals surface area contributed by atoms with Gasteiger partial charge in [0.05, 0.1) is 18.0 Å². The van der Waals surface area contributed by atoms with E-state index in [4.69, 9.17) is 10.5 Å². The number of likely N-dealkylation sites (N-methyl/N-ethyl adjacent to an activating group) is 1. The van der Waals surface area contributed by atoms with E-state index in [9.17, 15) is 39.6 Å². The molecule has 4 atom stereocenters. The zero-order valence-corrected chi connectivity index (χ0v) is 25.7. The molecule has 0 aromatic heterocycles. The van der Waals surface area contributed by atoms with Crippen LogP contribution >= 0.6 is 0 Å². The smallest absolute Gasteiger partial charge is 0.311 e. The monoisotopic (exact) mass is 619 g/mol. The number of primary amides is 1. The fourth-order valence-corrected chi connectivity index (χ4v) is 6.96. The summed E-state index contributed by atoms with van der Waals surface area (Å²) in [6.07, 6.45) is 0.105. The molecular formula is C33H37N3O9. The number of aliphatic hydroxyl groups excluding tert-OH is 2. The van der Waals surface area contributed by atoms with Crippen LogP contribution in [0.2, 0.25) is 0 Å². The van der Waals surface area contributed by atoms with Crippen molar-refractivity contribution in [3.63, 3.8) is 0 Å². The Morgan fingerprint density at radius 3 is 2.29 bits per heavy atom. The summed E-state index contributed by atoms with van der Waals surface area (Å²) in [5, 5.41) is 45.9. The summed E-state index contributed by atoms with van der Waals surface area (Å²) >= 11 is 0. The number of esters is 1. The van der Waals surface area contributed by atoms with E-state index in [2.05, 4.69) is 0 Å². The summed E-state index contributed by atoms with van der Waals surface area (Å²) in [7, 11) is 6.65. The number of Topliss-reactive ketones (excluding diaryl/α,β-unsaturated/α-hetero) is 2. The Kier molecular flexibility index (Phi) is 8.01. The minimum atomic E-state index is -2.72. The van der Waals surface area contributed by atoms with E-state index in [1.807, 2.05) is 19.1 Å². The zero-order chi connectivity index (χ0) is 33.1. The number of ether oxygens (including phenoxy) is 1. The van der Waals surface area contributed by atoms with Gasteiger partial charge in [0.15, 0.2) is 11.4 Å². The summed E-state index contributed by atoms with van der Waals surface area (Å²) in [5.41, 5.74) is 4.03. The van der Waals surface area contributed by atoms with Crippen LogP contribution in [0.25, 0.3) is 5.76 Å². The quantitative estimate of drug-likeness (QED) is 0.173. The topological polar surface area (TPSA) is 191 Å². The first kappa shape index (κ1) is 31.7. The number of aryl methyl sites for hydroxylation is 2. The van der Waals surface area contributed by atoms with E-state index < -0.39 is 64.0 Å². The maximum atomic E-state index is 14.1. The molecule has 3 aliphatic rings.